The summed E-state index contributed by atoms with van der Waals surface area (Å²) in [5, 5.41) is 0. The largest absolute Gasteiger partial charge is 0.383 e. The van der Waals surface area contributed by atoms with Crippen molar-refractivity contribution in [2.24, 2.45) is 5.92 Å². The van der Waals surface area contributed by atoms with Gasteiger partial charge in [0.2, 0.25) is 0 Å². The van der Waals surface area contributed by atoms with Crippen molar-refractivity contribution in [3.8, 4) is 0 Å². The molecule has 2 fully saturated rings. The molecule has 158 valence electrons. The number of aromatic nitrogens is 1. The third kappa shape index (κ3) is 5.53. The molecule has 1 atom stereocenters. The predicted octanol–water partition coefficient (Wildman–Crippen LogP) is 2.74. The van der Waals surface area contributed by atoms with Crippen molar-refractivity contribution in [2.75, 3.05) is 59.5 Å². The topological polar surface area (TPSA) is 48.9 Å². The number of amides is 1. The molecule has 28 heavy (non-hydrogen) atoms. The van der Waals surface area contributed by atoms with Gasteiger partial charge in [0.25, 0.3) is 5.91 Å². The second-order valence-corrected chi connectivity index (χ2v) is 9.03. The minimum absolute atomic E-state index is 0.185. The molecule has 0 N–H and O–H groups in total. The van der Waals surface area contributed by atoms with E-state index in [1.165, 1.54) is 30.7 Å². The molecule has 0 radical (unpaired) electrons. The van der Waals surface area contributed by atoms with Crippen LogP contribution in [0.15, 0.2) is 5.51 Å². The Kier molecular flexibility index (Phi) is 8.26. The lowest BCUT2D eigenvalue weighted by atomic mass is 9.95. The van der Waals surface area contributed by atoms with Crippen molar-refractivity contribution in [1.29, 1.82) is 0 Å². The fourth-order valence-corrected chi connectivity index (χ4v) is 5.36. The zero-order chi connectivity index (χ0) is 19.9. The van der Waals surface area contributed by atoms with Crippen LogP contribution in [0.25, 0.3) is 0 Å². The van der Waals surface area contributed by atoms with Gasteiger partial charge in [-0.1, -0.05) is 6.92 Å². The summed E-state index contributed by atoms with van der Waals surface area (Å²) in [4.78, 5) is 25.6. The van der Waals surface area contributed by atoms with Crippen LogP contribution >= 0.6 is 11.3 Å². The number of piperidine rings is 1. The fraction of sp³-hybridized carbons (Fsp3) is 0.810. The number of carbonyl (C=O) groups excluding carboxylic acids is 1. The number of methoxy groups -OCH3 is 1. The number of ether oxygens (including phenoxy) is 1. The van der Waals surface area contributed by atoms with E-state index in [2.05, 4.69) is 26.6 Å². The third-order valence-corrected chi connectivity index (χ3v) is 7.28. The van der Waals surface area contributed by atoms with E-state index in [4.69, 9.17) is 4.74 Å². The van der Waals surface area contributed by atoms with Crippen LogP contribution < -0.4 is 0 Å². The molecule has 1 aromatic heterocycles. The first-order chi connectivity index (χ1) is 13.6. The van der Waals surface area contributed by atoms with Crippen molar-refractivity contribution in [1.82, 2.24) is 19.7 Å². The van der Waals surface area contributed by atoms with Gasteiger partial charge in [-0.15, -0.1) is 11.3 Å². The van der Waals surface area contributed by atoms with Crippen molar-refractivity contribution in [3.05, 3.63) is 16.1 Å². The molecule has 3 heterocycles. The number of rotatable bonds is 9. The monoisotopic (exact) mass is 408 g/mol. The average molecular weight is 409 g/mol. The van der Waals surface area contributed by atoms with Gasteiger partial charge in [-0.05, 0) is 64.7 Å². The summed E-state index contributed by atoms with van der Waals surface area (Å²) < 4.78 is 5.21. The molecule has 0 aliphatic carbocycles. The molecule has 1 amide bonds. The van der Waals surface area contributed by atoms with Crippen LogP contribution in [-0.4, -0.2) is 91.2 Å². The van der Waals surface area contributed by atoms with Crippen molar-refractivity contribution in [2.45, 2.75) is 45.6 Å². The van der Waals surface area contributed by atoms with Gasteiger partial charge in [-0.25, -0.2) is 4.98 Å². The fourth-order valence-electron chi connectivity index (χ4n) is 4.59. The first-order valence-electron chi connectivity index (χ1n) is 10.8. The highest BCUT2D eigenvalue weighted by Gasteiger charge is 2.31. The smallest absolute Gasteiger partial charge is 0.265 e. The molecular weight excluding hydrogens is 372 g/mol. The first-order valence-corrected chi connectivity index (χ1v) is 11.6. The van der Waals surface area contributed by atoms with Gasteiger partial charge < -0.3 is 14.5 Å². The van der Waals surface area contributed by atoms with Gasteiger partial charge in [-0.2, -0.15) is 0 Å². The molecular formula is C21H36N4O2S. The van der Waals surface area contributed by atoms with Gasteiger partial charge >= 0.3 is 0 Å². The van der Waals surface area contributed by atoms with E-state index in [-0.39, 0.29) is 5.91 Å². The first kappa shape index (κ1) is 21.7. The Morgan fingerprint density at radius 2 is 2.07 bits per heavy atom. The van der Waals surface area contributed by atoms with Crippen LogP contribution in [0.5, 0.6) is 0 Å². The summed E-state index contributed by atoms with van der Waals surface area (Å²) in [5.41, 5.74) is 2.66. The van der Waals surface area contributed by atoms with Gasteiger partial charge in [0.1, 0.15) is 4.88 Å². The van der Waals surface area contributed by atoms with E-state index in [1.54, 1.807) is 12.6 Å². The molecule has 7 heteroatoms. The van der Waals surface area contributed by atoms with E-state index < -0.39 is 0 Å². The predicted molar refractivity (Wildman–Crippen MR) is 114 cm³/mol. The molecule has 2 aliphatic heterocycles. The number of thiazole rings is 1. The third-order valence-electron chi connectivity index (χ3n) is 6.36. The van der Waals surface area contributed by atoms with Crippen molar-refractivity contribution in [3.63, 3.8) is 0 Å². The number of hydrogen-bond donors (Lipinski definition) is 0. The summed E-state index contributed by atoms with van der Waals surface area (Å²) >= 11 is 1.48. The Morgan fingerprint density at radius 1 is 1.29 bits per heavy atom. The molecule has 6 nitrogen and oxygen atoms in total. The Morgan fingerprint density at radius 3 is 2.71 bits per heavy atom. The van der Waals surface area contributed by atoms with Crippen LogP contribution in [0.4, 0.5) is 0 Å². The molecule has 0 aromatic carbocycles. The van der Waals surface area contributed by atoms with Gasteiger partial charge in [-0.3, -0.25) is 9.69 Å². The van der Waals surface area contributed by atoms with Gasteiger partial charge in [0.05, 0.1) is 17.8 Å². The van der Waals surface area contributed by atoms with Gasteiger partial charge in [0, 0.05) is 32.8 Å². The summed E-state index contributed by atoms with van der Waals surface area (Å²) in [6, 6.07) is 0.504. The Hall–Kier alpha value is -1.02. The molecule has 0 spiro atoms. The molecule has 1 unspecified atom stereocenters. The maximum absolute atomic E-state index is 13.3. The molecule has 2 aliphatic rings. The van der Waals surface area contributed by atoms with E-state index >= 15 is 0 Å². The van der Waals surface area contributed by atoms with E-state index in [1.807, 2.05) is 6.92 Å². The molecule has 1 aromatic rings. The zero-order valence-corrected chi connectivity index (χ0v) is 18.5. The highest BCUT2D eigenvalue weighted by molar-refractivity contribution is 7.11. The maximum Gasteiger partial charge on any atom is 0.265 e. The lowest BCUT2D eigenvalue weighted by Crippen LogP contribution is -2.46. The van der Waals surface area contributed by atoms with E-state index in [9.17, 15) is 4.79 Å². The second kappa shape index (κ2) is 10.7. The Labute approximate surface area is 173 Å². The van der Waals surface area contributed by atoms with Crippen molar-refractivity contribution >= 4 is 17.2 Å². The van der Waals surface area contributed by atoms with Crippen LogP contribution in [0, 0.1) is 12.8 Å². The number of likely N-dealkylation sites (tertiary alicyclic amines) is 2. The minimum Gasteiger partial charge on any atom is -0.383 e. The Bertz CT molecular complexity index is 615. The van der Waals surface area contributed by atoms with Crippen LogP contribution in [0.3, 0.4) is 0 Å². The van der Waals surface area contributed by atoms with Crippen molar-refractivity contribution < 1.29 is 9.53 Å². The van der Waals surface area contributed by atoms with Gasteiger partial charge in [0.15, 0.2) is 0 Å². The lowest BCUT2D eigenvalue weighted by Gasteiger charge is -2.36. The number of nitrogens with zero attached hydrogens (tertiary/aromatic N) is 4. The molecule has 0 saturated carbocycles. The maximum atomic E-state index is 13.3. The summed E-state index contributed by atoms with van der Waals surface area (Å²) in [5.74, 6) is 0.775. The molecule has 0 bridgehead atoms. The Balaban J connectivity index is 1.63. The average Bonchev–Trinajstić information content (AvgIpc) is 3.34. The highest BCUT2D eigenvalue weighted by Crippen LogP contribution is 2.24. The quantitative estimate of drug-likeness (QED) is 0.629. The standard InChI is InChI=1S/C21H36N4O2S/c1-4-24-9-5-6-19(24)15-25(21(26)20-17(2)22-16-28-20)14-18-7-10-23(11-8-18)12-13-27-3/h16,18-19H,4-15H2,1-3H3. The van der Waals surface area contributed by atoms with Crippen LogP contribution in [0.1, 0.15) is 48.0 Å². The highest BCUT2D eigenvalue weighted by atomic mass is 32.1. The van der Waals surface area contributed by atoms with E-state index in [0.29, 0.717) is 12.0 Å². The normalized spacial score (nSPS) is 22.0. The summed E-state index contributed by atoms with van der Waals surface area (Å²) in [6.45, 7) is 12.2. The minimum atomic E-state index is 0.185. The summed E-state index contributed by atoms with van der Waals surface area (Å²) in [7, 11) is 1.76. The number of hydrogen-bond acceptors (Lipinski definition) is 6. The zero-order valence-electron chi connectivity index (χ0n) is 17.7. The van der Waals surface area contributed by atoms with Crippen LogP contribution in [0.2, 0.25) is 0 Å². The lowest BCUT2D eigenvalue weighted by molar-refractivity contribution is 0.0620. The van der Waals surface area contributed by atoms with Crippen LogP contribution in [-0.2, 0) is 4.74 Å². The molecule has 2 saturated heterocycles. The van der Waals surface area contributed by atoms with E-state index in [0.717, 1.165) is 69.3 Å². The number of carbonyl (C=O) groups is 1. The summed E-state index contributed by atoms with van der Waals surface area (Å²) in [6.07, 6.45) is 4.78. The number of aryl methyl sites for hydroxylation is 1. The number of likely N-dealkylation sites (N-methyl/N-ethyl adjacent to an activating group) is 1. The second-order valence-electron chi connectivity index (χ2n) is 8.18. The molecule has 3 rings (SSSR count). The SMILES string of the molecule is CCN1CCCC1CN(CC1CCN(CCOC)CC1)C(=O)c1scnc1C.